The van der Waals surface area contributed by atoms with Gasteiger partial charge in [0.05, 0.1) is 6.61 Å². The number of amides is 1. The first-order valence-electron chi connectivity index (χ1n) is 8.28. The number of hydrogen-bond acceptors (Lipinski definition) is 3. The van der Waals surface area contributed by atoms with Crippen LogP contribution >= 0.6 is 0 Å². The van der Waals surface area contributed by atoms with Gasteiger partial charge in [-0.05, 0) is 24.8 Å². The van der Waals surface area contributed by atoms with Crippen LogP contribution in [0.1, 0.15) is 46.6 Å². The minimum Gasteiger partial charge on any atom is -0.348 e. The molecule has 1 aromatic rings. The van der Waals surface area contributed by atoms with Crippen molar-refractivity contribution in [2.45, 2.75) is 59.5 Å². The quantitative estimate of drug-likeness (QED) is 0.832. The second kappa shape index (κ2) is 7.02. The summed E-state index contributed by atoms with van der Waals surface area (Å²) in [6, 6.07) is 10.1. The molecule has 128 valence electrons. The molecule has 4 heteroatoms. The summed E-state index contributed by atoms with van der Waals surface area (Å²) in [4.78, 5) is 14.6. The second-order valence-electron chi connectivity index (χ2n) is 7.95. The minimum absolute atomic E-state index is 0.0294. The molecule has 1 unspecified atom stereocenters. The maximum absolute atomic E-state index is 12.7. The van der Waals surface area contributed by atoms with Crippen LogP contribution in [0.2, 0.25) is 0 Å². The summed E-state index contributed by atoms with van der Waals surface area (Å²) in [5, 5.41) is 0. The summed E-state index contributed by atoms with van der Waals surface area (Å²) >= 11 is 0. The van der Waals surface area contributed by atoms with Crippen LogP contribution in [0.15, 0.2) is 30.3 Å². The van der Waals surface area contributed by atoms with Crippen molar-refractivity contribution in [1.82, 2.24) is 4.90 Å². The molecule has 2 rings (SSSR count). The van der Waals surface area contributed by atoms with Crippen molar-refractivity contribution in [2.75, 3.05) is 13.2 Å². The van der Waals surface area contributed by atoms with Crippen LogP contribution in [0.5, 0.6) is 0 Å². The van der Waals surface area contributed by atoms with Crippen LogP contribution in [0.3, 0.4) is 0 Å². The lowest BCUT2D eigenvalue weighted by Crippen LogP contribution is -2.40. The molecule has 1 fully saturated rings. The highest BCUT2D eigenvalue weighted by Crippen LogP contribution is 2.25. The molecule has 1 saturated heterocycles. The maximum Gasteiger partial charge on any atom is 0.223 e. The molecule has 0 radical (unpaired) electrons. The zero-order valence-electron chi connectivity index (χ0n) is 15.0. The molecule has 0 N–H and O–H groups in total. The molecule has 0 spiro atoms. The summed E-state index contributed by atoms with van der Waals surface area (Å²) in [7, 11) is 0. The number of benzene rings is 1. The van der Waals surface area contributed by atoms with E-state index in [0.717, 1.165) is 5.56 Å². The third kappa shape index (κ3) is 5.96. The van der Waals surface area contributed by atoms with Gasteiger partial charge in [0.2, 0.25) is 5.91 Å². The summed E-state index contributed by atoms with van der Waals surface area (Å²) in [5.41, 5.74) is 1.10. The van der Waals surface area contributed by atoms with Gasteiger partial charge in [-0.3, -0.25) is 4.79 Å². The van der Waals surface area contributed by atoms with Crippen molar-refractivity contribution >= 4 is 5.91 Å². The highest BCUT2D eigenvalue weighted by atomic mass is 16.7. The first kappa shape index (κ1) is 18.0. The van der Waals surface area contributed by atoms with Gasteiger partial charge < -0.3 is 14.4 Å². The Bertz CT molecular complexity index is 519. The van der Waals surface area contributed by atoms with Gasteiger partial charge in [0.1, 0.15) is 6.10 Å². The summed E-state index contributed by atoms with van der Waals surface area (Å²) in [6.45, 7) is 11.8. The van der Waals surface area contributed by atoms with Gasteiger partial charge in [0.15, 0.2) is 5.79 Å². The van der Waals surface area contributed by atoms with Gasteiger partial charge in [0.25, 0.3) is 0 Å². The van der Waals surface area contributed by atoms with Gasteiger partial charge in [-0.25, -0.2) is 0 Å². The molecule has 4 nitrogen and oxygen atoms in total. The van der Waals surface area contributed by atoms with Crippen molar-refractivity contribution in [3.63, 3.8) is 0 Å². The average Bonchev–Trinajstić information content (AvgIpc) is 2.76. The first-order chi connectivity index (χ1) is 10.6. The third-order valence-corrected chi connectivity index (χ3v) is 3.74. The Labute approximate surface area is 139 Å². The Kier molecular flexibility index (Phi) is 5.48. The van der Waals surface area contributed by atoms with Crippen molar-refractivity contribution in [3.8, 4) is 0 Å². The van der Waals surface area contributed by atoms with Crippen LogP contribution in [0.4, 0.5) is 0 Å². The van der Waals surface area contributed by atoms with Crippen molar-refractivity contribution in [2.24, 2.45) is 5.41 Å². The standard InChI is InChI=1S/C19H29NO3/c1-18(2,3)11-17(21)20(12-15-9-7-6-8-10-15)13-16-14-22-19(4,5)23-16/h6-10,16H,11-14H2,1-5H3. The lowest BCUT2D eigenvalue weighted by Gasteiger charge is -2.29. The van der Waals surface area contributed by atoms with E-state index in [1.54, 1.807) is 0 Å². The van der Waals surface area contributed by atoms with Gasteiger partial charge in [0, 0.05) is 19.5 Å². The Balaban J connectivity index is 2.06. The molecule has 23 heavy (non-hydrogen) atoms. The molecule has 0 saturated carbocycles. The van der Waals surface area contributed by atoms with Gasteiger partial charge in [-0.1, -0.05) is 51.1 Å². The Morgan fingerprint density at radius 3 is 2.43 bits per heavy atom. The van der Waals surface area contributed by atoms with E-state index in [2.05, 4.69) is 20.8 Å². The number of carbonyl (C=O) groups excluding carboxylic acids is 1. The third-order valence-electron chi connectivity index (χ3n) is 3.74. The number of hydrogen-bond donors (Lipinski definition) is 0. The van der Waals surface area contributed by atoms with Gasteiger partial charge in [-0.15, -0.1) is 0 Å². The second-order valence-corrected chi connectivity index (χ2v) is 7.95. The van der Waals surface area contributed by atoms with E-state index < -0.39 is 5.79 Å². The van der Waals surface area contributed by atoms with E-state index in [0.29, 0.717) is 26.1 Å². The highest BCUT2D eigenvalue weighted by Gasteiger charge is 2.34. The molecular weight excluding hydrogens is 290 g/mol. The molecule has 1 amide bonds. The van der Waals surface area contributed by atoms with E-state index in [4.69, 9.17) is 9.47 Å². The predicted molar refractivity (Wildman–Crippen MR) is 90.8 cm³/mol. The van der Waals surface area contributed by atoms with Crippen LogP contribution in [0.25, 0.3) is 0 Å². The van der Waals surface area contributed by atoms with Crippen molar-refractivity contribution in [1.29, 1.82) is 0 Å². The number of carbonyl (C=O) groups is 1. The molecular formula is C19H29NO3. The molecule has 0 aliphatic carbocycles. The zero-order chi connectivity index (χ0) is 17.1. The van der Waals surface area contributed by atoms with Crippen molar-refractivity contribution < 1.29 is 14.3 Å². The first-order valence-corrected chi connectivity index (χ1v) is 8.28. The monoisotopic (exact) mass is 319 g/mol. The lowest BCUT2D eigenvalue weighted by molar-refractivity contribution is -0.147. The molecule has 1 aliphatic heterocycles. The summed E-state index contributed by atoms with van der Waals surface area (Å²) in [6.07, 6.45) is 0.453. The molecule has 1 aromatic carbocycles. The molecule has 0 aromatic heterocycles. The fraction of sp³-hybridized carbons (Fsp3) is 0.632. The highest BCUT2D eigenvalue weighted by molar-refractivity contribution is 5.76. The molecule has 0 bridgehead atoms. The average molecular weight is 319 g/mol. The topological polar surface area (TPSA) is 38.8 Å². The zero-order valence-corrected chi connectivity index (χ0v) is 15.0. The number of nitrogens with zero attached hydrogens (tertiary/aromatic N) is 1. The molecule has 1 heterocycles. The maximum atomic E-state index is 12.7. The number of rotatable bonds is 5. The number of ether oxygens (including phenoxy) is 2. The van der Waals surface area contributed by atoms with E-state index >= 15 is 0 Å². The molecule has 1 aliphatic rings. The van der Waals surface area contributed by atoms with E-state index in [1.807, 2.05) is 49.1 Å². The Hall–Kier alpha value is -1.39. The Morgan fingerprint density at radius 1 is 1.26 bits per heavy atom. The van der Waals surface area contributed by atoms with Crippen LogP contribution in [0, 0.1) is 5.41 Å². The van der Waals surface area contributed by atoms with E-state index in [9.17, 15) is 4.79 Å². The predicted octanol–water partition coefficient (Wildman–Crippen LogP) is 3.60. The van der Waals surface area contributed by atoms with E-state index in [1.165, 1.54) is 0 Å². The fourth-order valence-electron chi connectivity index (χ4n) is 2.72. The largest absolute Gasteiger partial charge is 0.348 e. The van der Waals surface area contributed by atoms with Crippen LogP contribution in [-0.4, -0.2) is 35.8 Å². The summed E-state index contributed by atoms with van der Waals surface area (Å²) in [5.74, 6) is -0.398. The SMILES string of the molecule is CC(C)(C)CC(=O)N(Cc1ccccc1)CC1COC(C)(C)O1. The fourth-order valence-corrected chi connectivity index (χ4v) is 2.72. The van der Waals surface area contributed by atoms with Crippen LogP contribution in [-0.2, 0) is 20.8 Å². The summed E-state index contributed by atoms with van der Waals surface area (Å²) < 4.78 is 11.5. The molecule has 1 atom stereocenters. The Morgan fingerprint density at radius 2 is 1.91 bits per heavy atom. The van der Waals surface area contributed by atoms with Gasteiger partial charge in [-0.2, -0.15) is 0 Å². The van der Waals surface area contributed by atoms with Crippen LogP contribution < -0.4 is 0 Å². The normalized spacial score (nSPS) is 20.5. The minimum atomic E-state index is -0.559. The smallest absolute Gasteiger partial charge is 0.223 e. The van der Waals surface area contributed by atoms with Crippen molar-refractivity contribution in [3.05, 3.63) is 35.9 Å². The van der Waals surface area contributed by atoms with Gasteiger partial charge >= 0.3 is 0 Å². The lowest BCUT2D eigenvalue weighted by atomic mass is 9.91. The van der Waals surface area contributed by atoms with E-state index in [-0.39, 0.29) is 17.4 Å².